The minimum atomic E-state index is 0.419. The van der Waals surface area contributed by atoms with Crippen molar-refractivity contribution in [3.8, 4) is 0 Å². The molecule has 12 heavy (non-hydrogen) atoms. The third-order valence-electron chi connectivity index (χ3n) is 1.24. The first kappa shape index (κ1) is 12.1. The Morgan fingerprint density at radius 2 is 1.92 bits per heavy atom. The maximum atomic E-state index is 5.17. The monoisotopic (exact) mass is 236 g/mol. The molecule has 0 aromatic carbocycles. The summed E-state index contributed by atoms with van der Waals surface area (Å²) in [5, 5.41) is 1.03. The number of hydrogen-bond acceptors (Lipinski definition) is 2. The maximum absolute atomic E-state index is 5.17. The van der Waals surface area contributed by atoms with Crippen molar-refractivity contribution in [3.05, 3.63) is 12.2 Å². The summed E-state index contributed by atoms with van der Waals surface area (Å²) in [5.74, 6) is 0. The van der Waals surface area contributed by atoms with Gasteiger partial charge in [0.1, 0.15) is 6.79 Å². The lowest BCUT2D eigenvalue weighted by Crippen LogP contribution is -1.99. The van der Waals surface area contributed by atoms with Gasteiger partial charge in [-0.15, -0.1) is 0 Å². The van der Waals surface area contributed by atoms with E-state index >= 15 is 0 Å². The average Bonchev–Trinajstić information content (AvgIpc) is 2.10. The van der Waals surface area contributed by atoms with Gasteiger partial charge in [-0.1, -0.05) is 28.1 Å². The van der Waals surface area contributed by atoms with Gasteiger partial charge in [-0.25, -0.2) is 0 Å². The van der Waals surface area contributed by atoms with Crippen LogP contribution in [0.15, 0.2) is 12.2 Å². The van der Waals surface area contributed by atoms with Gasteiger partial charge in [0.15, 0.2) is 0 Å². The molecule has 2 nitrogen and oxygen atoms in total. The molecule has 0 aromatic rings. The van der Waals surface area contributed by atoms with Gasteiger partial charge in [0.2, 0.25) is 0 Å². The standard InChI is InChI=1S/C9H17BrO2/c1-2-11-9-12-8-6-4-3-5-7-10/h3-4H,2,5-9H2,1H3/b4-3-. The molecule has 0 radical (unpaired) electrons. The Bertz CT molecular complexity index is 105. The Balaban J connectivity index is 2.90. The van der Waals surface area contributed by atoms with Crippen molar-refractivity contribution < 1.29 is 9.47 Å². The molecule has 0 aromatic heterocycles. The van der Waals surface area contributed by atoms with Gasteiger partial charge in [-0.05, 0) is 19.8 Å². The van der Waals surface area contributed by atoms with Crippen molar-refractivity contribution in [2.24, 2.45) is 0 Å². The van der Waals surface area contributed by atoms with E-state index in [-0.39, 0.29) is 0 Å². The third kappa shape index (κ3) is 10.1. The second-order valence-corrected chi connectivity index (χ2v) is 3.05. The first-order valence-corrected chi connectivity index (χ1v) is 5.40. The van der Waals surface area contributed by atoms with E-state index in [1.165, 1.54) is 0 Å². The lowest BCUT2D eigenvalue weighted by Gasteiger charge is -2.00. The number of rotatable bonds is 8. The Labute approximate surface area is 83.1 Å². The van der Waals surface area contributed by atoms with Crippen molar-refractivity contribution in [3.63, 3.8) is 0 Å². The quantitative estimate of drug-likeness (QED) is 0.279. The molecule has 0 aliphatic carbocycles. The van der Waals surface area contributed by atoms with Crippen LogP contribution < -0.4 is 0 Å². The van der Waals surface area contributed by atoms with Crippen LogP contribution in [0.3, 0.4) is 0 Å². The van der Waals surface area contributed by atoms with Crippen molar-refractivity contribution in [2.45, 2.75) is 19.8 Å². The first-order valence-electron chi connectivity index (χ1n) is 4.28. The molecule has 0 amide bonds. The van der Waals surface area contributed by atoms with E-state index in [1.807, 2.05) is 6.92 Å². The van der Waals surface area contributed by atoms with Crippen LogP contribution in [-0.2, 0) is 9.47 Å². The molecular weight excluding hydrogens is 220 g/mol. The molecule has 0 heterocycles. The minimum Gasteiger partial charge on any atom is -0.356 e. The number of halogens is 1. The lowest BCUT2D eigenvalue weighted by atomic mass is 10.3. The highest BCUT2D eigenvalue weighted by Gasteiger charge is 1.83. The SMILES string of the molecule is CCOCOCC/C=C\CCBr. The highest BCUT2D eigenvalue weighted by Crippen LogP contribution is 1.92. The Hall–Kier alpha value is 0.140. The molecular formula is C9H17BrO2. The largest absolute Gasteiger partial charge is 0.356 e. The highest BCUT2D eigenvalue weighted by atomic mass is 79.9. The van der Waals surface area contributed by atoms with Crippen LogP contribution in [0.4, 0.5) is 0 Å². The second-order valence-electron chi connectivity index (χ2n) is 2.26. The molecule has 72 valence electrons. The van der Waals surface area contributed by atoms with Gasteiger partial charge in [0, 0.05) is 11.9 Å². The summed E-state index contributed by atoms with van der Waals surface area (Å²) in [5.41, 5.74) is 0. The molecule has 0 saturated carbocycles. The van der Waals surface area contributed by atoms with E-state index < -0.39 is 0 Å². The van der Waals surface area contributed by atoms with E-state index in [1.54, 1.807) is 0 Å². The van der Waals surface area contributed by atoms with E-state index in [9.17, 15) is 0 Å². The molecule has 0 bridgehead atoms. The van der Waals surface area contributed by atoms with E-state index in [0.717, 1.165) is 31.4 Å². The van der Waals surface area contributed by atoms with Crippen LogP contribution in [0.25, 0.3) is 0 Å². The number of alkyl halides is 1. The fourth-order valence-corrected chi connectivity index (χ4v) is 0.916. The minimum absolute atomic E-state index is 0.419. The normalized spacial score (nSPS) is 11.2. The second kappa shape index (κ2) is 11.1. The van der Waals surface area contributed by atoms with Crippen LogP contribution in [0.5, 0.6) is 0 Å². The predicted octanol–water partition coefficient (Wildman–Crippen LogP) is 2.73. The van der Waals surface area contributed by atoms with Crippen molar-refractivity contribution in [2.75, 3.05) is 25.3 Å². The van der Waals surface area contributed by atoms with Gasteiger partial charge in [0.25, 0.3) is 0 Å². The molecule has 0 N–H and O–H groups in total. The predicted molar refractivity (Wildman–Crippen MR) is 54.6 cm³/mol. The van der Waals surface area contributed by atoms with E-state index in [2.05, 4.69) is 28.1 Å². The number of ether oxygens (including phenoxy) is 2. The maximum Gasteiger partial charge on any atom is 0.146 e. The Morgan fingerprint density at radius 3 is 2.58 bits per heavy atom. The summed E-state index contributed by atoms with van der Waals surface area (Å²) < 4.78 is 10.2. The topological polar surface area (TPSA) is 18.5 Å². The molecule has 0 unspecified atom stereocenters. The van der Waals surface area contributed by atoms with Crippen LogP contribution in [0.1, 0.15) is 19.8 Å². The van der Waals surface area contributed by atoms with E-state index in [0.29, 0.717) is 6.79 Å². The summed E-state index contributed by atoms with van der Waals surface area (Å²) >= 11 is 3.35. The molecule has 0 aliphatic rings. The molecule has 0 aliphatic heterocycles. The summed E-state index contributed by atoms with van der Waals surface area (Å²) in [7, 11) is 0. The highest BCUT2D eigenvalue weighted by molar-refractivity contribution is 9.09. The molecule has 0 rings (SSSR count). The van der Waals surface area contributed by atoms with Crippen molar-refractivity contribution in [1.29, 1.82) is 0 Å². The molecule has 0 atom stereocenters. The Kier molecular flexibility index (Phi) is 11.3. The zero-order valence-electron chi connectivity index (χ0n) is 7.59. The van der Waals surface area contributed by atoms with Crippen LogP contribution in [0.2, 0.25) is 0 Å². The Morgan fingerprint density at radius 1 is 1.17 bits per heavy atom. The zero-order chi connectivity index (χ0) is 9.07. The summed E-state index contributed by atoms with van der Waals surface area (Å²) in [6.45, 7) is 3.85. The molecule has 0 fully saturated rings. The average molecular weight is 237 g/mol. The van der Waals surface area contributed by atoms with Gasteiger partial charge in [-0.3, -0.25) is 0 Å². The van der Waals surface area contributed by atoms with Gasteiger partial charge >= 0.3 is 0 Å². The molecule has 0 saturated heterocycles. The van der Waals surface area contributed by atoms with Crippen LogP contribution >= 0.6 is 15.9 Å². The lowest BCUT2D eigenvalue weighted by molar-refractivity contribution is -0.0476. The van der Waals surface area contributed by atoms with Gasteiger partial charge in [0.05, 0.1) is 6.61 Å². The zero-order valence-corrected chi connectivity index (χ0v) is 9.18. The van der Waals surface area contributed by atoms with E-state index in [4.69, 9.17) is 9.47 Å². The first-order chi connectivity index (χ1) is 5.91. The summed E-state index contributed by atoms with van der Waals surface area (Å²) in [4.78, 5) is 0. The third-order valence-corrected chi connectivity index (χ3v) is 1.70. The van der Waals surface area contributed by atoms with Crippen molar-refractivity contribution in [1.82, 2.24) is 0 Å². The number of hydrogen-bond donors (Lipinski definition) is 0. The molecule has 3 heteroatoms. The van der Waals surface area contributed by atoms with Crippen LogP contribution in [0, 0.1) is 0 Å². The smallest absolute Gasteiger partial charge is 0.146 e. The summed E-state index contributed by atoms with van der Waals surface area (Å²) in [6.07, 6.45) is 6.34. The number of allylic oxidation sites excluding steroid dienone is 1. The fourth-order valence-electron chi connectivity index (χ4n) is 0.651. The van der Waals surface area contributed by atoms with Gasteiger partial charge in [-0.2, -0.15) is 0 Å². The van der Waals surface area contributed by atoms with Crippen LogP contribution in [-0.4, -0.2) is 25.3 Å². The van der Waals surface area contributed by atoms with Gasteiger partial charge < -0.3 is 9.47 Å². The van der Waals surface area contributed by atoms with Crippen molar-refractivity contribution >= 4 is 15.9 Å². The molecule has 0 spiro atoms. The summed E-state index contributed by atoms with van der Waals surface area (Å²) in [6, 6.07) is 0. The fraction of sp³-hybridized carbons (Fsp3) is 0.778.